The van der Waals surface area contributed by atoms with Crippen LogP contribution in [0.4, 0.5) is 0 Å². The lowest BCUT2D eigenvalue weighted by Gasteiger charge is -2.03. The summed E-state index contributed by atoms with van der Waals surface area (Å²) in [6.45, 7) is 3.52. The third-order valence-corrected chi connectivity index (χ3v) is 2.54. The molecule has 20 heavy (non-hydrogen) atoms. The van der Waals surface area contributed by atoms with E-state index < -0.39 is 12.1 Å². The summed E-state index contributed by atoms with van der Waals surface area (Å²) < 4.78 is 9.61. The van der Waals surface area contributed by atoms with Crippen molar-refractivity contribution in [2.45, 2.75) is 58.5 Å². The van der Waals surface area contributed by atoms with Gasteiger partial charge >= 0.3 is 11.9 Å². The molecule has 0 aliphatic heterocycles. The molecule has 0 aromatic rings. The van der Waals surface area contributed by atoms with Crippen molar-refractivity contribution in [3.63, 3.8) is 0 Å². The van der Waals surface area contributed by atoms with Gasteiger partial charge in [0.1, 0.15) is 6.61 Å². The topological polar surface area (TPSA) is 72.8 Å². The lowest BCUT2D eigenvalue weighted by Crippen LogP contribution is -2.13. The van der Waals surface area contributed by atoms with Crippen LogP contribution in [0.15, 0.2) is 12.2 Å². The second-order valence-electron chi connectivity index (χ2n) is 4.78. The van der Waals surface area contributed by atoms with Gasteiger partial charge in [0.25, 0.3) is 0 Å². The number of esters is 2. The van der Waals surface area contributed by atoms with E-state index in [2.05, 4.69) is 0 Å². The number of hydrogen-bond donors (Lipinski definition) is 1. The van der Waals surface area contributed by atoms with Crippen molar-refractivity contribution in [1.29, 1.82) is 0 Å². The Morgan fingerprint density at radius 1 is 1.10 bits per heavy atom. The van der Waals surface area contributed by atoms with Gasteiger partial charge in [0.05, 0.1) is 12.7 Å². The first-order valence-corrected chi connectivity index (χ1v) is 7.17. The van der Waals surface area contributed by atoms with Crippen LogP contribution in [0.2, 0.25) is 0 Å². The minimum atomic E-state index is -0.626. The zero-order valence-electron chi connectivity index (χ0n) is 12.5. The highest BCUT2D eigenvalue weighted by atomic mass is 16.5. The minimum absolute atomic E-state index is 0.0332. The van der Waals surface area contributed by atoms with Gasteiger partial charge in [0.15, 0.2) is 0 Å². The van der Waals surface area contributed by atoms with Crippen LogP contribution in [-0.2, 0) is 19.1 Å². The molecule has 0 amide bonds. The van der Waals surface area contributed by atoms with Crippen molar-refractivity contribution in [3.8, 4) is 0 Å². The van der Waals surface area contributed by atoms with Gasteiger partial charge in [-0.25, -0.2) is 4.79 Å². The Labute approximate surface area is 121 Å². The van der Waals surface area contributed by atoms with Gasteiger partial charge in [-0.15, -0.1) is 0 Å². The zero-order valence-corrected chi connectivity index (χ0v) is 12.5. The molecule has 0 saturated carbocycles. The molecule has 1 atom stereocenters. The zero-order chi connectivity index (χ0) is 15.2. The fourth-order valence-corrected chi connectivity index (χ4v) is 1.54. The molecule has 0 aliphatic rings. The number of carbonyl (C=O) groups is 2. The highest BCUT2D eigenvalue weighted by Crippen LogP contribution is 2.06. The van der Waals surface area contributed by atoms with E-state index in [9.17, 15) is 9.59 Å². The molecule has 5 nitrogen and oxygen atoms in total. The first-order valence-electron chi connectivity index (χ1n) is 7.17. The summed E-state index contributed by atoms with van der Waals surface area (Å²) in [5.41, 5.74) is 0. The summed E-state index contributed by atoms with van der Waals surface area (Å²) in [6, 6.07) is 0. The van der Waals surface area contributed by atoms with Crippen molar-refractivity contribution in [2.24, 2.45) is 0 Å². The summed E-state index contributed by atoms with van der Waals surface area (Å²) in [6.07, 6.45) is 8.58. The molecule has 1 N–H and O–H groups in total. The summed E-state index contributed by atoms with van der Waals surface area (Å²) in [7, 11) is 0. The molecule has 0 aliphatic carbocycles. The normalized spacial score (nSPS) is 12.3. The Bertz CT molecular complexity index is 297. The van der Waals surface area contributed by atoms with E-state index in [-0.39, 0.29) is 12.6 Å². The summed E-state index contributed by atoms with van der Waals surface area (Å²) in [4.78, 5) is 21.7. The SMILES string of the molecule is CC(=O)OCCCCCCC/C=C/C(=O)OCC(C)O. The number of allylic oxidation sites excluding steroid dienone is 1. The Morgan fingerprint density at radius 2 is 1.75 bits per heavy atom. The molecule has 0 radical (unpaired) electrons. The van der Waals surface area contributed by atoms with Crippen LogP contribution in [0, 0.1) is 0 Å². The highest BCUT2D eigenvalue weighted by Gasteiger charge is 1.99. The quantitative estimate of drug-likeness (QED) is 0.358. The number of aliphatic hydroxyl groups is 1. The Morgan fingerprint density at radius 3 is 2.40 bits per heavy atom. The fourth-order valence-electron chi connectivity index (χ4n) is 1.54. The van der Waals surface area contributed by atoms with Crippen molar-refractivity contribution in [1.82, 2.24) is 0 Å². The predicted octanol–water partition coefficient (Wildman–Crippen LogP) is 2.37. The number of carbonyl (C=O) groups excluding carboxylic acids is 2. The molecule has 0 spiro atoms. The van der Waals surface area contributed by atoms with Crippen molar-refractivity contribution in [3.05, 3.63) is 12.2 Å². The Hall–Kier alpha value is -1.36. The molecular formula is C15H26O5. The van der Waals surface area contributed by atoms with E-state index in [0.717, 1.165) is 38.5 Å². The van der Waals surface area contributed by atoms with Crippen molar-refractivity contribution >= 4 is 11.9 Å². The standard InChI is InChI=1S/C15H26O5/c1-13(16)12-20-15(18)10-8-6-4-3-5-7-9-11-19-14(2)17/h8,10,13,16H,3-7,9,11-12H2,1-2H3/b10-8+. The van der Waals surface area contributed by atoms with Crippen LogP contribution in [0.1, 0.15) is 52.4 Å². The van der Waals surface area contributed by atoms with Crippen LogP contribution in [0.25, 0.3) is 0 Å². The molecule has 0 aromatic carbocycles. The third kappa shape index (κ3) is 14.7. The van der Waals surface area contributed by atoms with Gasteiger partial charge in [0, 0.05) is 13.0 Å². The number of unbranched alkanes of at least 4 members (excludes halogenated alkanes) is 5. The predicted molar refractivity (Wildman–Crippen MR) is 76.1 cm³/mol. The highest BCUT2D eigenvalue weighted by molar-refractivity contribution is 5.81. The van der Waals surface area contributed by atoms with E-state index in [0.29, 0.717) is 6.61 Å². The second-order valence-corrected chi connectivity index (χ2v) is 4.78. The molecule has 5 heteroatoms. The maximum absolute atomic E-state index is 11.1. The number of ether oxygens (including phenoxy) is 2. The van der Waals surface area contributed by atoms with E-state index in [4.69, 9.17) is 14.6 Å². The van der Waals surface area contributed by atoms with E-state index >= 15 is 0 Å². The first kappa shape index (κ1) is 18.6. The second kappa shape index (κ2) is 12.7. The van der Waals surface area contributed by atoms with E-state index in [1.165, 1.54) is 13.0 Å². The Balaban J connectivity index is 3.30. The van der Waals surface area contributed by atoms with Gasteiger partial charge in [-0.2, -0.15) is 0 Å². The fraction of sp³-hybridized carbons (Fsp3) is 0.733. The number of rotatable bonds is 11. The number of hydrogen-bond acceptors (Lipinski definition) is 5. The monoisotopic (exact) mass is 286 g/mol. The van der Waals surface area contributed by atoms with Gasteiger partial charge in [-0.1, -0.05) is 25.3 Å². The molecule has 0 aromatic heterocycles. The third-order valence-electron chi connectivity index (χ3n) is 2.54. The summed E-state index contributed by atoms with van der Waals surface area (Å²) in [5, 5.41) is 8.93. The van der Waals surface area contributed by atoms with Gasteiger partial charge < -0.3 is 14.6 Å². The lowest BCUT2D eigenvalue weighted by molar-refractivity contribution is -0.141. The molecule has 0 heterocycles. The Kier molecular flexibility index (Phi) is 11.8. The first-order chi connectivity index (χ1) is 9.52. The lowest BCUT2D eigenvalue weighted by atomic mass is 10.1. The molecule has 0 saturated heterocycles. The molecule has 0 fully saturated rings. The smallest absolute Gasteiger partial charge is 0.330 e. The average Bonchev–Trinajstić information content (AvgIpc) is 2.38. The van der Waals surface area contributed by atoms with Gasteiger partial charge in [0.2, 0.25) is 0 Å². The molecule has 0 bridgehead atoms. The van der Waals surface area contributed by atoms with Gasteiger partial charge in [-0.3, -0.25) is 4.79 Å². The van der Waals surface area contributed by atoms with Crippen molar-refractivity contribution < 1.29 is 24.2 Å². The number of aliphatic hydroxyl groups excluding tert-OH is 1. The molecule has 116 valence electrons. The molecule has 1 unspecified atom stereocenters. The van der Waals surface area contributed by atoms with Crippen LogP contribution in [0.5, 0.6) is 0 Å². The minimum Gasteiger partial charge on any atom is -0.466 e. The maximum atomic E-state index is 11.1. The van der Waals surface area contributed by atoms with Gasteiger partial charge in [-0.05, 0) is 26.2 Å². The average molecular weight is 286 g/mol. The van der Waals surface area contributed by atoms with Crippen LogP contribution >= 0.6 is 0 Å². The van der Waals surface area contributed by atoms with Crippen LogP contribution in [0.3, 0.4) is 0 Å². The largest absolute Gasteiger partial charge is 0.466 e. The van der Waals surface area contributed by atoms with Crippen LogP contribution < -0.4 is 0 Å². The van der Waals surface area contributed by atoms with E-state index in [1.807, 2.05) is 0 Å². The maximum Gasteiger partial charge on any atom is 0.330 e. The molecular weight excluding hydrogens is 260 g/mol. The summed E-state index contributed by atoms with van der Waals surface area (Å²) in [5.74, 6) is -0.634. The van der Waals surface area contributed by atoms with E-state index in [1.54, 1.807) is 13.0 Å². The molecule has 0 rings (SSSR count). The summed E-state index contributed by atoms with van der Waals surface area (Å²) >= 11 is 0. The van der Waals surface area contributed by atoms with Crippen LogP contribution in [-0.4, -0.2) is 36.4 Å². The van der Waals surface area contributed by atoms with Crippen molar-refractivity contribution in [2.75, 3.05) is 13.2 Å².